The molecule has 4 heterocycles. The Morgan fingerprint density at radius 3 is 2.61 bits per heavy atom. The van der Waals surface area contributed by atoms with E-state index in [-0.39, 0.29) is 11.8 Å². The van der Waals surface area contributed by atoms with Gasteiger partial charge in [-0.2, -0.15) is 4.98 Å². The van der Waals surface area contributed by atoms with E-state index in [1.807, 2.05) is 9.30 Å². The van der Waals surface area contributed by atoms with Crippen LogP contribution in [-0.4, -0.2) is 81.4 Å². The normalized spacial score (nSPS) is 19.6. The van der Waals surface area contributed by atoms with Crippen molar-refractivity contribution in [1.82, 2.24) is 29.2 Å². The van der Waals surface area contributed by atoms with E-state index in [2.05, 4.69) is 63.0 Å². The van der Waals surface area contributed by atoms with E-state index in [1.54, 1.807) is 12.7 Å². The summed E-state index contributed by atoms with van der Waals surface area (Å²) in [5, 5.41) is 3.32. The lowest BCUT2D eigenvalue weighted by Gasteiger charge is -2.34. The maximum absolute atomic E-state index is 12.1. The van der Waals surface area contributed by atoms with Crippen LogP contribution in [0.5, 0.6) is 0 Å². The number of carbonyl (C=O) groups excluding carboxylic acids is 1. The summed E-state index contributed by atoms with van der Waals surface area (Å²) < 4.78 is 1.84. The number of piperazine rings is 1. The largest absolute Gasteiger partial charge is 0.369 e. The highest BCUT2D eigenvalue weighted by Gasteiger charge is 2.27. The van der Waals surface area contributed by atoms with E-state index in [0.717, 1.165) is 62.6 Å². The molecule has 0 radical (unpaired) electrons. The van der Waals surface area contributed by atoms with Crippen LogP contribution >= 0.6 is 0 Å². The van der Waals surface area contributed by atoms with Gasteiger partial charge in [-0.05, 0) is 50.2 Å². The predicted molar refractivity (Wildman–Crippen MR) is 129 cm³/mol. The van der Waals surface area contributed by atoms with Crippen LogP contribution in [0.3, 0.4) is 0 Å². The molecule has 5 rings (SSSR count). The number of imidazole rings is 1. The zero-order chi connectivity index (χ0) is 22.8. The lowest BCUT2D eigenvalue weighted by Crippen LogP contribution is -2.44. The van der Waals surface area contributed by atoms with Crippen LogP contribution in [0.15, 0.2) is 49.6 Å². The lowest BCUT2D eigenvalue weighted by atomic mass is 9.95. The number of anilines is 3. The minimum Gasteiger partial charge on any atom is -0.369 e. The van der Waals surface area contributed by atoms with Crippen molar-refractivity contribution in [3.8, 4) is 0 Å². The highest BCUT2D eigenvalue weighted by Crippen LogP contribution is 2.29. The fraction of sp³-hybridized carbons (Fsp3) is 0.417. The molecule has 9 heteroatoms. The Bertz CT molecular complexity index is 1130. The number of hydrogen-bond donors (Lipinski definition) is 1. The maximum atomic E-state index is 12.1. The molecule has 1 unspecified atom stereocenters. The molecule has 1 atom stereocenters. The second-order valence-corrected chi connectivity index (χ2v) is 8.83. The van der Waals surface area contributed by atoms with Crippen molar-refractivity contribution in [1.29, 1.82) is 0 Å². The van der Waals surface area contributed by atoms with Gasteiger partial charge in [0.1, 0.15) is 12.7 Å². The fourth-order valence-corrected chi connectivity index (χ4v) is 4.64. The quantitative estimate of drug-likeness (QED) is 0.603. The van der Waals surface area contributed by atoms with E-state index in [9.17, 15) is 4.79 Å². The van der Waals surface area contributed by atoms with Crippen molar-refractivity contribution in [2.75, 3.05) is 56.5 Å². The second-order valence-electron chi connectivity index (χ2n) is 8.83. The molecule has 2 aromatic heterocycles. The van der Waals surface area contributed by atoms with Gasteiger partial charge in [0.25, 0.3) is 0 Å². The summed E-state index contributed by atoms with van der Waals surface area (Å²) in [5.74, 6) is 0.657. The van der Waals surface area contributed by atoms with Crippen molar-refractivity contribution in [2.24, 2.45) is 0 Å². The van der Waals surface area contributed by atoms with E-state index in [1.165, 1.54) is 11.8 Å². The van der Waals surface area contributed by atoms with Gasteiger partial charge in [-0.25, -0.2) is 9.97 Å². The molecule has 0 spiro atoms. The van der Waals surface area contributed by atoms with Gasteiger partial charge in [-0.15, -0.1) is 0 Å². The van der Waals surface area contributed by atoms with Crippen LogP contribution in [0.4, 0.5) is 17.3 Å². The molecule has 0 saturated carbocycles. The zero-order valence-corrected chi connectivity index (χ0v) is 19.0. The number of likely N-dealkylation sites (tertiary alicyclic amines) is 1. The van der Waals surface area contributed by atoms with Crippen molar-refractivity contribution in [3.63, 3.8) is 0 Å². The molecule has 2 aliphatic rings. The molecule has 0 bridgehead atoms. The number of carbonyl (C=O) groups is 1. The molecule has 172 valence electrons. The maximum Gasteiger partial charge on any atom is 0.245 e. The fourth-order valence-electron chi connectivity index (χ4n) is 4.64. The Labute approximate surface area is 193 Å². The number of nitrogens with one attached hydrogen (secondary N) is 1. The van der Waals surface area contributed by atoms with Crippen LogP contribution in [0, 0.1) is 0 Å². The van der Waals surface area contributed by atoms with E-state index in [0.29, 0.717) is 12.5 Å². The number of rotatable bonds is 5. The van der Waals surface area contributed by atoms with Gasteiger partial charge in [0.2, 0.25) is 11.9 Å². The molecule has 3 aromatic rings. The molecule has 9 nitrogen and oxygen atoms in total. The average Bonchev–Trinajstić information content (AvgIpc) is 3.28. The Balaban J connectivity index is 1.31. The van der Waals surface area contributed by atoms with E-state index < -0.39 is 0 Å². The first-order chi connectivity index (χ1) is 16.1. The number of amides is 1. The number of fused-ring (bicyclic) bond motifs is 1. The number of hydrogen-bond acceptors (Lipinski definition) is 7. The highest BCUT2D eigenvalue weighted by molar-refractivity contribution is 5.87. The van der Waals surface area contributed by atoms with Crippen molar-refractivity contribution >= 4 is 28.9 Å². The number of piperidine rings is 1. The molecular weight excluding hydrogens is 416 g/mol. The summed E-state index contributed by atoms with van der Waals surface area (Å²) in [6.45, 7) is 9.28. The van der Waals surface area contributed by atoms with E-state index >= 15 is 0 Å². The molecule has 2 saturated heterocycles. The highest BCUT2D eigenvalue weighted by atomic mass is 16.2. The van der Waals surface area contributed by atoms with E-state index in [4.69, 9.17) is 4.98 Å². The molecule has 1 aromatic carbocycles. The standard InChI is InChI=1S/C24H30N8O/c1-3-21(33)31-10-4-5-18(15-31)22-23-28-24(26-17-32(23)16-25-22)27-19-6-8-20(9-7-19)30-13-11-29(2)12-14-30/h3,6-9,16-18H,1,4-5,10-15H2,2H3,(H,27,28). The third-order valence-electron chi connectivity index (χ3n) is 6.60. The zero-order valence-electron chi connectivity index (χ0n) is 19.0. The van der Waals surface area contributed by atoms with Gasteiger partial charge in [-0.3, -0.25) is 9.20 Å². The van der Waals surface area contributed by atoms with Crippen LogP contribution in [0.25, 0.3) is 5.65 Å². The molecule has 1 N–H and O–H groups in total. The molecule has 0 aliphatic carbocycles. The summed E-state index contributed by atoms with van der Waals surface area (Å²) >= 11 is 0. The Morgan fingerprint density at radius 1 is 1.09 bits per heavy atom. The third kappa shape index (κ3) is 4.54. The monoisotopic (exact) mass is 446 g/mol. The first-order valence-corrected chi connectivity index (χ1v) is 11.5. The number of benzene rings is 1. The van der Waals surface area contributed by atoms with Crippen molar-refractivity contribution < 1.29 is 4.79 Å². The van der Waals surface area contributed by atoms with Crippen LogP contribution < -0.4 is 10.2 Å². The minimum atomic E-state index is -0.0276. The summed E-state index contributed by atoms with van der Waals surface area (Å²) in [5.41, 5.74) is 3.87. The smallest absolute Gasteiger partial charge is 0.245 e. The average molecular weight is 447 g/mol. The SMILES string of the molecule is C=CC(=O)N1CCCC(c2ncn3cnc(Nc4ccc(N5CCN(C)CC5)cc4)nc23)C1. The van der Waals surface area contributed by atoms with Crippen molar-refractivity contribution in [3.05, 3.63) is 55.3 Å². The minimum absolute atomic E-state index is 0.0276. The number of aromatic nitrogens is 4. The topological polar surface area (TPSA) is 81.9 Å². The summed E-state index contributed by atoms with van der Waals surface area (Å²) in [4.78, 5) is 32.5. The van der Waals surface area contributed by atoms with Gasteiger partial charge in [-0.1, -0.05) is 6.58 Å². The van der Waals surface area contributed by atoms with Gasteiger partial charge >= 0.3 is 0 Å². The Morgan fingerprint density at radius 2 is 1.85 bits per heavy atom. The summed E-state index contributed by atoms with van der Waals surface area (Å²) in [6.07, 6.45) is 6.78. The molecule has 2 fully saturated rings. The third-order valence-corrected chi connectivity index (χ3v) is 6.60. The first kappa shape index (κ1) is 21.4. The number of nitrogens with zero attached hydrogens (tertiary/aromatic N) is 7. The summed E-state index contributed by atoms with van der Waals surface area (Å²) in [7, 11) is 2.16. The summed E-state index contributed by atoms with van der Waals surface area (Å²) in [6, 6.07) is 8.42. The lowest BCUT2D eigenvalue weighted by molar-refractivity contribution is -0.127. The van der Waals surface area contributed by atoms with Crippen molar-refractivity contribution in [2.45, 2.75) is 18.8 Å². The van der Waals surface area contributed by atoms with Crippen LogP contribution in [-0.2, 0) is 4.79 Å². The van der Waals surface area contributed by atoms with Gasteiger partial charge in [0.05, 0.1) is 5.69 Å². The number of likely N-dealkylation sites (N-methyl/N-ethyl adjacent to an activating group) is 1. The van der Waals surface area contributed by atoms with Gasteiger partial charge in [0, 0.05) is 56.6 Å². The molecule has 1 amide bonds. The Hall–Kier alpha value is -3.46. The predicted octanol–water partition coefficient (Wildman–Crippen LogP) is 2.51. The first-order valence-electron chi connectivity index (χ1n) is 11.5. The van der Waals surface area contributed by atoms with Gasteiger partial charge < -0.3 is 20.0 Å². The Kier molecular flexibility index (Phi) is 5.95. The molecular formula is C24H30N8O. The molecule has 2 aliphatic heterocycles. The van der Waals surface area contributed by atoms with Crippen LogP contribution in [0.1, 0.15) is 24.5 Å². The van der Waals surface area contributed by atoms with Gasteiger partial charge in [0.15, 0.2) is 5.65 Å². The van der Waals surface area contributed by atoms with Crippen LogP contribution in [0.2, 0.25) is 0 Å². The second kappa shape index (κ2) is 9.19. The molecule has 33 heavy (non-hydrogen) atoms.